The average molecular weight is 480 g/mol. The van der Waals surface area contributed by atoms with Crippen LogP contribution in [-0.4, -0.2) is 30.9 Å². The van der Waals surface area contributed by atoms with Crippen molar-refractivity contribution in [3.63, 3.8) is 0 Å². The second-order valence-electron chi connectivity index (χ2n) is 6.88. The standard InChI is InChI=1S/C21H20BrClN2O4/c1-12-13(2)18(8-7-17(12)22)24-19(26)11-29-21(28)14-9-20(27)25(10-14)16-5-3-15(23)4-6-16/h3-8,14H,9-11H2,1-2H3,(H,24,26)/t14-/m1/s1. The molecule has 2 aromatic rings. The summed E-state index contributed by atoms with van der Waals surface area (Å²) in [5.41, 5.74) is 3.29. The summed E-state index contributed by atoms with van der Waals surface area (Å²) in [7, 11) is 0. The number of hydrogen-bond donors (Lipinski definition) is 1. The van der Waals surface area contributed by atoms with Crippen LogP contribution in [0.4, 0.5) is 11.4 Å². The molecule has 2 aromatic carbocycles. The topological polar surface area (TPSA) is 75.7 Å². The Morgan fingerprint density at radius 3 is 2.55 bits per heavy atom. The summed E-state index contributed by atoms with van der Waals surface area (Å²) in [6, 6.07) is 10.5. The van der Waals surface area contributed by atoms with Crippen LogP contribution in [0.2, 0.25) is 5.02 Å². The van der Waals surface area contributed by atoms with E-state index in [1.165, 1.54) is 4.90 Å². The first-order valence-corrected chi connectivity index (χ1v) is 10.2. The number of halogens is 2. The van der Waals surface area contributed by atoms with E-state index < -0.39 is 24.4 Å². The number of carbonyl (C=O) groups excluding carboxylic acids is 3. The summed E-state index contributed by atoms with van der Waals surface area (Å²) < 4.78 is 6.10. The lowest BCUT2D eigenvalue weighted by Gasteiger charge is -2.16. The number of nitrogens with zero attached hydrogens (tertiary/aromatic N) is 1. The van der Waals surface area contributed by atoms with Gasteiger partial charge in [-0.15, -0.1) is 0 Å². The van der Waals surface area contributed by atoms with Gasteiger partial charge in [0.15, 0.2) is 6.61 Å². The third kappa shape index (κ3) is 4.97. The largest absolute Gasteiger partial charge is 0.455 e. The molecule has 1 fully saturated rings. The number of carbonyl (C=O) groups is 3. The normalized spacial score (nSPS) is 16.1. The molecule has 1 atom stereocenters. The zero-order valence-corrected chi connectivity index (χ0v) is 18.3. The Morgan fingerprint density at radius 2 is 1.86 bits per heavy atom. The molecule has 0 bridgehead atoms. The minimum absolute atomic E-state index is 0.0497. The summed E-state index contributed by atoms with van der Waals surface area (Å²) in [5.74, 6) is -1.77. The van der Waals surface area contributed by atoms with E-state index in [1.54, 1.807) is 30.3 Å². The van der Waals surface area contributed by atoms with Gasteiger partial charge in [0.25, 0.3) is 5.91 Å². The summed E-state index contributed by atoms with van der Waals surface area (Å²) in [4.78, 5) is 38.3. The Labute approximate surface area is 182 Å². The first-order chi connectivity index (χ1) is 13.8. The number of nitrogens with one attached hydrogen (secondary N) is 1. The molecular formula is C21H20BrClN2O4. The lowest BCUT2D eigenvalue weighted by molar-refractivity contribution is -0.151. The Kier molecular flexibility index (Phi) is 6.59. The molecule has 1 N–H and O–H groups in total. The van der Waals surface area contributed by atoms with Crippen molar-refractivity contribution in [3.8, 4) is 0 Å². The fraction of sp³-hybridized carbons (Fsp3) is 0.286. The molecule has 1 heterocycles. The van der Waals surface area contributed by atoms with Crippen LogP contribution in [-0.2, 0) is 19.1 Å². The Hall–Kier alpha value is -2.38. The Bertz CT molecular complexity index is 962. The Balaban J connectivity index is 1.54. The van der Waals surface area contributed by atoms with Gasteiger partial charge in [0.2, 0.25) is 5.91 Å². The maximum Gasteiger partial charge on any atom is 0.311 e. The van der Waals surface area contributed by atoms with E-state index in [4.69, 9.17) is 16.3 Å². The summed E-state index contributed by atoms with van der Waals surface area (Å²) in [5, 5.41) is 3.31. The van der Waals surface area contributed by atoms with Crippen LogP contribution in [0.1, 0.15) is 17.5 Å². The van der Waals surface area contributed by atoms with Crippen molar-refractivity contribution in [1.82, 2.24) is 0 Å². The van der Waals surface area contributed by atoms with Gasteiger partial charge in [0, 0.05) is 33.8 Å². The monoisotopic (exact) mass is 478 g/mol. The van der Waals surface area contributed by atoms with Crippen LogP contribution in [0, 0.1) is 19.8 Å². The number of amides is 2. The number of ether oxygens (including phenoxy) is 1. The van der Waals surface area contributed by atoms with Crippen LogP contribution < -0.4 is 10.2 Å². The van der Waals surface area contributed by atoms with Crippen LogP contribution in [0.3, 0.4) is 0 Å². The predicted molar refractivity (Wildman–Crippen MR) is 115 cm³/mol. The van der Waals surface area contributed by atoms with Crippen molar-refractivity contribution in [2.75, 3.05) is 23.4 Å². The molecule has 1 aliphatic heterocycles. The van der Waals surface area contributed by atoms with Gasteiger partial charge in [-0.25, -0.2) is 0 Å². The molecule has 3 rings (SSSR count). The number of anilines is 2. The quantitative estimate of drug-likeness (QED) is 0.651. The highest BCUT2D eigenvalue weighted by atomic mass is 79.9. The highest BCUT2D eigenvalue weighted by Crippen LogP contribution is 2.27. The van der Waals surface area contributed by atoms with Gasteiger partial charge in [-0.2, -0.15) is 0 Å². The van der Waals surface area contributed by atoms with E-state index in [0.29, 0.717) is 16.4 Å². The first kappa shape index (κ1) is 21.3. The molecule has 2 amide bonds. The summed E-state index contributed by atoms with van der Waals surface area (Å²) >= 11 is 9.31. The van der Waals surface area contributed by atoms with E-state index in [1.807, 2.05) is 19.9 Å². The number of hydrogen-bond acceptors (Lipinski definition) is 4. The van der Waals surface area contributed by atoms with E-state index in [2.05, 4.69) is 21.2 Å². The van der Waals surface area contributed by atoms with Crippen molar-refractivity contribution < 1.29 is 19.1 Å². The molecule has 1 saturated heterocycles. The van der Waals surface area contributed by atoms with E-state index >= 15 is 0 Å². The highest BCUT2D eigenvalue weighted by Gasteiger charge is 2.36. The molecule has 0 radical (unpaired) electrons. The van der Waals surface area contributed by atoms with Crippen molar-refractivity contribution >= 4 is 56.7 Å². The third-order valence-electron chi connectivity index (χ3n) is 4.94. The third-order valence-corrected chi connectivity index (χ3v) is 6.05. The smallest absolute Gasteiger partial charge is 0.311 e. The van der Waals surface area contributed by atoms with Crippen molar-refractivity contribution in [2.45, 2.75) is 20.3 Å². The molecular weight excluding hydrogens is 460 g/mol. The summed E-state index contributed by atoms with van der Waals surface area (Å²) in [6.07, 6.45) is 0.0497. The first-order valence-electron chi connectivity index (χ1n) is 9.04. The lowest BCUT2D eigenvalue weighted by Crippen LogP contribution is -2.28. The molecule has 29 heavy (non-hydrogen) atoms. The number of benzene rings is 2. The molecule has 0 aliphatic carbocycles. The molecule has 0 spiro atoms. The molecule has 1 aliphatic rings. The lowest BCUT2D eigenvalue weighted by atomic mass is 10.1. The van der Waals surface area contributed by atoms with Crippen molar-refractivity contribution in [1.29, 1.82) is 0 Å². The van der Waals surface area contributed by atoms with E-state index in [-0.39, 0.29) is 18.9 Å². The van der Waals surface area contributed by atoms with Crippen LogP contribution in [0.25, 0.3) is 0 Å². The van der Waals surface area contributed by atoms with Crippen molar-refractivity contribution in [3.05, 3.63) is 57.0 Å². The van der Waals surface area contributed by atoms with Crippen LogP contribution in [0.15, 0.2) is 40.9 Å². The maximum absolute atomic E-state index is 12.3. The molecule has 0 aromatic heterocycles. The number of rotatable bonds is 5. The van der Waals surface area contributed by atoms with Gasteiger partial charge in [-0.1, -0.05) is 27.5 Å². The SMILES string of the molecule is Cc1c(Br)ccc(NC(=O)COC(=O)[C@@H]2CC(=O)N(c3ccc(Cl)cc3)C2)c1C. The van der Waals surface area contributed by atoms with Gasteiger partial charge < -0.3 is 15.0 Å². The Morgan fingerprint density at radius 1 is 1.17 bits per heavy atom. The molecule has 6 nitrogen and oxygen atoms in total. The molecule has 152 valence electrons. The zero-order chi connectivity index (χ0) is 21.1. The van der Waals surface area contributed by atoms with E-state index in [9.17, 15) is 14.4 Å². The second-order valence-corrected chi connectivity index (χ2v) is 8.17. The van der Waals surface area contributed by atoms with Gasteiger partial charge in [-0.3, -0.25) is 14.4 Å². The van der Waals surface area contributed by atoms with Gasteiger partial charge in [0.1, 0.15) is 0 Å². The van der Waals surface area contributed by atoms with Crippen molar-refractivity contribution in [2.24, 2.45) is 5.92 Å². The molecule has 8 heteroatoms. The van der Waals surface area contributed by atoms with Gasteiger partial charge in [-0.05, 0) is 61.4 Å². The zero-order valence-electron chi connectivity index (χ0n) is 16.0. The average Bonchev–Trinajstić information content (AvgIpc) is 3.09. The van der Waals surface area contributed by atoms with Gasteiger partial charge >= 0.3 is 5.97 Å². The molecule has 0 saturated carbocycles. The van der Waals surface area contributed by atoms with Gasteiger partial charge in [0.05, 0.1) is 5.92 Å². The second kappa shape index (κ2) is 8.97. The molecule has 0 unspecified atom stereocenters. The fourth-order valence-corrected chi connectivity index (χ4v) is 3.66. The fourth-order valence-electron chi connectivity index (χ4n) is 3.10. The minimum atomic E-state index is -0.609. The highest BCUT2D eigenvalue weighted by molar-refractivity contribution is 9.10. The van der Waals surface area contributed by atoms with E-state index in [0.717, 1.165) is 15.6 Å². The van der Waals surface area contributed by atoms with Crippen LogP contribution in [0.5, 0.6) is 0 Å². The minimum Gasteiger partial charge on any atom is -0.455 e. The maximum atomic E-state index is 12.3. The van der Waals surface area contributed by atoms with Crippen LogP contribution >= 0.6 is 27.5 Å². The summed E-state index contributed by atoms with van der Waals surface area (Å²) in [6.45, 7) is 3.65. The number of esters is 1. The predicted octanol–water partition coefficient (Wildman–Crippen LogP) is 4.25.